The number of sulfonamides is 1. The summed E-state index contributed by atoms with van der Waals surface area (Å²) in [5.41, 5.74) is 0.774. The summed E-state index contributed by atoms with van der Waals surface area (Å²) in [4.78, 5) is 0.375. The van der Waals surface area contributed by atoms with Gasteiger partial charge in [0, 0.05) is 13.1 Å². The van der Waals surface area contributed by atoms with Gasteiger partial charge in [0.25, 0.3) is 0 Å². The van der Waals surface area contributed by atoms with Gasteiger partial charge < -0.3 is 5.32 Å². The Kier molecular flexibility index (Phi) is 6.84. The van der Waals surface area contributed by atoms with Crippen LogP contribution in [-0.2, 0) is 16.6 Å². The van der Waals surface area contributed by atoms with Gasteiger partial charge in [-0.3, -0.25) is 0 Å². The number of hydrogen-bond donors (Lipinski definition) is 2. The molecule has 0 unspecified atom stereocenters. The van der Waals surface area contributed by atoms with E-state index < -0.39 is 10.0 Å². The van der Waals surface area contributed by atoms with E-state index in [0.29, 0.717) is 18.0 Å². The number of nitrogens with one attached hydrogen (secondary N) is 2. The van der Waals surface area contributed by atoms with Crippen LogP contribution in [-0.4, -0.2) is 21.5 Å². The molecule has 0 saturated heterocycles. The van der Waals surface area contributed by atoms with Crippen LogP contribution in [0.5, 0.6) is 0 Å². The van der Waals surface area contributed by atoms with Crippen molar-refractivity contribution in [2.24, 2.45) is 5.41 Å². The minimum atomic E-state index is -3.46. The van der Waals surface area contributed by atoms with E-state index in [1.54, 1.807) is 12.1 Å². The predicted molar refractivity (Wildman–Crippen MR) is 87.7 cm³/mol. The van der Waals surface area contributed by atoms with Crippen molar-refractivity contribution in [3.8, 4) is 0 Å². The fourth-order valence-corrected chi connectivity index (χ4v) is 3.28. The molecule has 1 aromatic rings. The zero-order valence-corrected chi connectivity index (χ0v) is 14.4. The third kappa shape index (κ3) is 5.77. The average molecular weight is 312 g/mol. The lowest BCUT2D eigenvalue weighted by Crippen LogP contribution is -2.34. The summed E-state index contributed by atoms with van der Waals surface area (Å²) in [7, 11) is -3.46. The number of hydrogen-bond acceptors (Lipinski definition) is 3. The van der Waals surface area contributed by atoms with Crippen LogP contribution in [0.3, 0.4) is 0 Å². The van der Waals surface area contributed by atoms with Gasteiger partial charge in [0.1, 0.15) is 0 Å². The maximum atomic E-state index is 12.5. The monoisotopic (exact) mass is 312 g/mol. The van der Waals surface area contributed by atoms with E-state index in [1.165, 1.54) is 0 Å². The molecule has 21 heavy (non-hydrogen) atoms. The molecule has 0 aliphatic heterocycles. The topological polar surface area (TPSA) is 58.2 Å². The van der Waals surface area contributed by atoms with Crippen molar-refractivity contribution in [2.75, 3.05) is 13.1 Å². The second kappa shape index (κ2) is 7.92. The van der Waals surface area contributed by atoms with Crippen LogP contribution in [0.1, 0.15) is 46.1 Å². The third-order valence-electron chi connectivity index (χ3n) is 3.70. The Morgan fingerprint density at radius 1 is 1.14 bits per heavy atom. The molecule has 0 aliphatic carbocycles. The first kappa shape index (κ1) is 18.1. The summed E-state index contributed by atoms with van der Waals surface area (Å²) in [5, 5.41) is 3.26. The minimum absolute atomic E-state index is 0.0392. The van der Waals surface area contributed by atoms with E-state index in [4.69, 9.17) is 0 Å². The Morgan fingerprint density at radius 2 is 1.81 bits per heavy atom. The smallest absolute Gasteiger partial charge is 0.240 e. The Morgan fingerprint density at radius 3 is 2.43 bits per heavy atom. The molecule has 0 saturated carbocycles. The summed E-state index contributed by atoms with van der Waals surface area (Å²) in [5.74, 6) is 0. The van der Waals surface area contributed by atoms with Crippen molar-refractivity contribution in [1.29, 1.82) is 0 Å². The molecule has 2 N–H and O–H groups in total. The van der Waals surface area contributed by atoms with E-state index in [9.17, 15) is 8.42 Å². The van der Waals surface area contributed by atoms with Crippen LogP contribution in [0.4, 0.5) is 0 Å². The molecule has 0 radical (unpaired) electrons. The Balaban J connectivity index is 2.87. The van der Waals surface area contributed by atoms with Gasteiger partial charge in [-0.15, -0.1) is 0 Å². The molecule has 4 nitrogen and oxygen atoms in total. The summed E-state index contributed by atoms with van der Waals surface area (Å²) >= 11 is 0. The van der Waals surface area contributed by atoms with Crippen molar-refractivity contribution >= 4 is 10.0 Å². The molecule has 1 aromatic carbocycles. The number of rotatable bonds is 9. The van der Waals surface area contributed by atoms with Gasteiger partial charge in [0.15, 0.2) is 0 Å². The molecule has 0 fully saturated rings. The molecule has 0 atom stereocenters. The molecule has 0 aromatic heterocycles. The lowest BCUT2D eigenvalue weighted by Gasteiger charge is -2.23. The van der Waals surface area contributed by atoms with Crippen LogP contribution >= 0.6 is 0 Å². The standard InChI is InChI=1S/C16H28N2O2S/c1-5-11-17-12-14-9-7-8-10-15(14)21(19,20)18-13-16(3,4)6-2/h7-10,17-18H,5-6,11-13H2,1-4H3. The molecule has 120 valence electrons. The third-order valence-corrected chi connectivity index (χ3v) is 5.20. The van der Waals surface area contributed by atoms with Crippen LogP contribution in [0, 0.1) is 5.41 Å². The highest BCUT2D eigenvalue weighted by Crippen LogP contribution is 2.20. The number of benzene rings is 1. The van der Waals surface area contributed by atoms with Gasteiger partial charge in [-0.05, 0) is 36.4 Å². The lowest BCUT2D eigenvalue weighted by atomic mass is 9.91. The summed E-state index contributed by atoms with van der Waals surface area (Å²) < 4.78 is 27.8. The maximum absolute atomic E-state index is 12.5. The van der Waals surface area contributed by atoms with E-state index in [2.05, 4.69) is 37.7 Å². The van der Waals surface area contributed by atoms with Crippen molar-refractivity contribution in [1.82, 2.24) is 10.0 Å². The molecular formula is C16H28N2O2S. The van der Waals surface area contributed by atoms with Gasteiger partial charge >= 0.3 is 0 Å². The Bertz CT molecular complexity index is 539. The first-order valence-electron chi connectivity index (χ1n) is 7.60. The second-order valence-corrected chi connectivity index (χ2v) is 7.86. The fourth-order valence-electron chi connectivity index (χ4n) is 1.80. The van der Waals surface area contributed by atoms with E-state index in [1.807, 2.05) is 12.1 Å². The first-order chi connectivity index (χ1) is 9.82. The quantitative estimate of drug-likeness (QED) is 0.689. The summed E-state index contributed by atoms with van der Waals surface area (Å²) in [6, 6.07) is 7.17. The Hall–Kier alpha value is -0.910. The molecule has 0 bridgehead atoms. The van der Waals surface area contributed by atoms with Crippen LogP contribution < -0.4 is 10.0 Å². The molecular weight excluding hydrogens is 284 g/mol. The molecule has 0 amide bonds. The average Bonchev–Trinajstić information content (AvgIpc) is 2.46. The van der Waals surface area contributed by atoms with E-state index in [0.717, 1.165) is 24.9 Å². The SMILES string of the molecule is CCCNCc1ccccc1S(=O)(=O)NCC(C)(C)CC. The zero-order chi connectivity index (χ0) is 15.9. The van der Waals surface area contributed by atoms with Crippen molar-refractivity contribution in [3.63, 3.8) is 0 Å². The summed E-state index contributed by atoms with van der Waals surface area (Å²) in [6.45, 7) is 10.2. The lowest BCUT2D eigenvalue weighted by molar-refractivity contribution is 0.350. The van der Waals surface area contributed by atoms with Gasteiger partial charge in [-0.25, -0.2) is 13.1 Å². The van der Waals surface area contributed by atoms with Crippen LogP contribution in [0.2, 0.25) is 0 Å². The van der Waals surface area contributed by atoms with Crippen LogP contribution in [0.15, 0.2) is 29.2 Å². The van der Waals surface area contributed by atoms with Crippen molar-refractivity contribution in [3.05, 3.63) is 29.8 Å². The van der Waals surface area contributed by atoms with Gasteiger partial charge in [-0.2, -0.15) is 0 Å². The first-order valence-corrected chi connectivity index (χ1v) is 9.09. The van der Waals surface area contributed by atoms with Gasteiger partial charge in [0.2, 0.25) is 10.0 Å². The zero-order valence-electron chi connectivity index (χ0n) is 13.6. The highest BCUT2D eigenvalue weighted by atomic mass is 32.2. The van der Waals surface area contributed by atoms with Gasteiger partial charge in [-0.1, -0.05) is 45.9 Å². The van der Waals surface area contributed by atoms with E-state index in [-0.39, 0.29) is 5.41 Å². The van der Waals surface area contributed by atoms with Gasteiger partial charge in [0.05, 0.1) is 4.90 Å². The normalized spacial score (nSPS) is 12.6. The predicted octanol–water partition coefficient (Wildman–Crippen LogP) is 2.90. The second-order valence-electron chi connectivity index (χ2n) is 6.13. The highest BCUT2D eigenvalue weighted by Gasteiger charge is 2.22. The molecule has 5 heteroatoms. The maximum Gasteiger partial charge on any atom is 0.240 e. The Labute approximate surface area is 129 Å². The van der Waals surface area contributed by atoms with Crippen molar-refractivity contribution < 1.29 is 8.42 Å². The molecule has 0 heterocycles. The van der Waals surface area contributed by atoms with Crippen LogP contribution in [0.25, 0.3) is 0 Å². The highest BCUT2D eigenvalue weighted by molar-refractivity contribution is 7.89. The summed E-state index contributed by atoms with van der Waals surface area (Å²) in [6.07, 6.45) is 1.95. The molecule has 0 aliphatic rings. The minimum Gasteiger partial charge on any atom is -0.313 e. The molecule has 1 rings (SSSR count). The van der Waals surface area contributed by atoms with E-state index >= 15 is 0 Å². The fraction of sp³-hybridized carbons (Fsp3) is 0.625. The van der Waals surface area contributed by atoms with Crippen molar-refractivity contribution in [2.45, 2.75) is 52.0 Å². The molecule has 0 spiro atoms. The largest absolute Gasteiger partial charge is 0.313 e.